The van der Waals surface area contributed by atoms with E-state index in [2.05, 4.69) is 157 Å². The average Bonchev–Trinajstić information content (AvgIpc) is 3.50. The van der Waals surface area contributed by atoms with E-state index in [9.17, 15) is 0 Å². The molecule has 0 aliphatic heterocycles. The Morgan fingerprint density at radius 3 is 2.02 bits per heavy atom. The molecule has 1 nitrogen and oxygen atoms in total. The van der Waals surface area contributed by atoms with Gasteiger partial charge in [0.25, 0.3) is 0 Å². The zero-order chi connectivity index (χ0) is 34.7. The Hall–Kier alpha value is -5.40. The van der Waals surface area contributed by atoms with Crippen molar-refractivity contribution in [2.24, 2.45) is 23.7 Å². The van der Waals surface area contributed by atoms with Crippen LogP contribution in [0.25, 0.3) is 49.9 Å². The molecule has 0 saturated heterocycles. The van der Waals surface area contributed by atoms with Gasteiger partial charge in [-0.15, -0.1) is 0 Å². The van der Waals surface area contributed by atoms with Crippen LogP contribution in [0.2, 0.25) is 0 Å². The highest BCUT2D eigenvalue weighted by atomic mass is 15.1. The van der Waals surface area contributed by atoms with E-state index in [1.54, 1.807) is 11.1 Å². The van der Waals surface area contributed by atoms with Crippen LogP contribution in [0.5, 0.6) is 0 Å². The Bertz CT molecular complexity index is 2610. The smallest absolute Gasteiger partial charge is 0.0543 e. The third kappa shape index (κ3) is 4.31. The lowest BCUT2D eigenvalue weighted by Gasteiger charge is -2.61. The Morgan fingerprint density at radius 1 is 0.509 bits per heavy atom. The van der Waals surface area contributed by atoms with E-state index in [4.69, 9.17) is 0 Å². The van der Waals surface area contributed by atoms with Crippen LogP contribution in [0.4, 0.5) is 17.1 Å². The van der Waals surface area contributed by atoms with E-state index >= 15 is 0 Å². The number of hydrogen-bond acceptors (Lipinski definition) is 1. The number of fused-ring (bicyclic) bond motifs is 7. The molecule has 1 spiro atoms. The van der Waals surface area contributed by atoms with E-state index < -0.39 is 0 Å². The van der Waals surface area contributed by atoms with Crippen LogP contribution < -0.4 is 4.90 Å². The summed E-state index contributed by atoms with van der Waals surface area (Å²) in [5, 5.41) is 5.20. The highest BCUT2D eigenvalue weighted by molar-refractivity contribution is 5.99. The number of rotatable bonds is 4. The topological polar surface area (TPSA) is 3.24 Å². The fourth-order valence-corrected chi connectivity index (χ4v) is 12.4. The number of allylic oxidation sites excluding steroid dienone is 1. The van der Waals surface area contributed by atoms with Crippen LogP contribution in [0, 0.1) is 23.7 Å². The molecule has 4 fully saturated rings. The first-order chi connectivity index (χ1) is 26.2. The molecule has 0 radical (unpaired) electrons. The van der Waals surface area contributed by atoms with Gasteiger partial charge in [0.1, 0.15) is 0 Å². The molecule has 256 valence electrons. The van der Waals surface area contributed by atoms with Gasteiger partial charge in [0.05, 0.1) is 5.69 Å². The fraction of sp³-hybridized carbons (Fsp3) is 0.231. The van der Waals surface area contributed by atoms with Crippen LogP contribution in [0.1, 0.15) is 60.8 Å². The fourth-order valence-electron chi connectivity index (χ4n) is 12.4. The summed E-state index contributed by atoms with van der Waals surface area (Å²) in [6, 6.07) is 53.4. The minimum absolute atomic E-state index is 0.185. The molecule has 7 aromatic rings. The molecule has 7 aromatic carbocycles. The number of benzene rings is 7. The molecular formula is C52H43N. The van der Waals surface area contributed by atoms with Crippen molar-refractivity contribution < 1.29 is 0 Å². The first kappa shape index (κ1) is 30.1. The monoisotopic (exact) mass is 681 g/mol. The zero-order valence-electron chi connectivity index (χ0n) is 30.1. The summed E-state index contributed by atoms with van der Waals surface area (Å²) in [6.07, 6.45) is 14.0. The van der Waals surface area contributed by atoms with Gasteiger partial charge in [0.15, 0.2) is 0 Å². The van der Waals surface area contributed by atoms with Gasteiger partial charge in [-0.1, -0.05) is 115 Å². The highest BCUT2D eigenvalue weighted by Gasteiger charge is 2.61. The lowest BCUT2D eigenvalue weighted by molar-refractivity contribution is -0.0399. The second-order valence-corrected chi connectivity index (χ2v) is 16.8. The molecule has 4 saturated carbocycles. The van der Waals surface area contributed by atoms with Gasteiger partial charge < -0.3 is 4.90 Å². The summed E-state index contributed by atoms with van der Waals surface area (Å²) < 4.78 is 0. The minimum Gasteiger partial charge on any atom is -0.310 e. The number of aryl methyl sites for hydroxylation is 1. The van der Waals surface area contributed by atoms with Crippen LogP contribution in [0.15, 0.2) is 146 Å². The predicted octanol–water partition coefficient (Wildman–Crippen LogP) is 13.8. The summed E-state index contributed by atoms with van der Waals surface area (Å²) in [5.41, 5.74) is 15.5. The molecular weight excluding hydrogens is 639 g/mol. The first-order valence-corrected chi connectivity index (χ1v) is 20.1. The Morgan fingerprint density at radius 2 is 1.19 bits per heavy atom. The number of anilines is 3. The molecule has 0 amide bonds. The lowest BCUT2D eigenvalue weighted by atomic mass is 9.43. The van der Waals surface area contributed by atoms with E-state index in [1.807, 2.05) is 0 Å². The van der Waals surface area contributed by atoms with Gasteiger partial charge in [-0.25, -0.2) is 0 Å². The molecule has 6 aliphatic rings. The van der Waals surface area contributed by atoms with Gasteiger partial charge in [0.2, 0.25) is 0 Å². The van der Waals surface area contributed by atoms with Crippen LogP contribution in [-0.4, -0.2) is 0 Å². The zero-order valence-corrected chi connectivity index (χ0v) is 30.1. The molecule has 0 N–H and O–H groups in total. The molecule has 53 heavy (non-hydrogen) atoms. The highest BCUT2D eigenvalue weighted by Crippen LogP contribution is 2.69. The molecule has 0 atom stereocenters. The SMILES string of the molecule is C1=Cc2c(N(c3ccc(-c4ccc5c(c4)C4(c6ccccc6-5)C5CC6CC(C5)CC4C6)cc3)c3ccc4ccccc4c3)cc3ccccc3c2CC1. The van der Waals surface area contributed by atoms with Gasteiger partial charge in [-0.05, 0) is 166 Å². The summed E-state index contributed by atoms with van der Waals surface area (Å²) in [6.45, 7) is 0. The summed E-state index contributed by atoms with van der Waals surface area (Å²) >= 11 is 0. The first-order valence-electron chi connectivity index (χ1n) is 20.1. The molecule has 0 aromatic heterocycles. The summed E-state index contributed by atoms with van der Waals surface area (Å²) in [5.74, 6) is 3.45. The maximum atomic E-state index is 2.62. The quantitative estimate of drug-likeness (QED) is 0.179. The Labute approximate surface area is 312 Å². The van der Waals surface area contributed by atoms with E-state index in [0.717, 1.165) is 36.5 Å². The summed E-state index contributed by atoms with van der Waals surface area (Å²) in [7, 11) is 0. The van der Waals surface area contributed by atoms with Crippen molar-refractivity contribution in [1.29, 1.82) is 0 Å². The van der Waals surface area contributed by atoms with Crippen molar-refractivity contribution in [3.63, 3.8) is 0 Å². The van der Waals surface area contributed by atoms with E-state index in [1.165, 1.54) is 104 Å². The largest absolute Gasteiger partial charge is 0.310 e. The van der Waals surface area contributed by atoms with Crippen molar-refractivity contribution in [1.82, 2.24) is 0 Å². The van der Waals surface area contributed by atoms with Gasteiger partial charge >= 0.3 is 0 Å². The van der Waals surface area contributed by atoms with Gasteiger partial charge in [0, 0.05) is 22.4 Å². The molecule has 0 heterocycles. The maximum Gasteiger partial charge on any atom is 0.0543 e. The molecule has 13 rings (SSSR count). The van der Waals surface area contributed by atoms with E-state index in [-0.39, 0.29) is 5.41 Å². The molecule has 0 unspecified atom stereocenters. The number of nitrogens with zero attached hydrogens (tertiary/aromatic N) is 1. The standard InChI is InChI=1S/C52H43N/c1-2-10-37-30-43(23-19-35(37)9-1)53(51-32-39-11-3-4-12-44(39)45-13-5-6-15-48(45)51)42-21-17-36(18-22-42)38-20-24-47-46-14-7-8-16-49(46)52(50(47)31-38)40-26-33-25-34(28-40)29-41(52)27-33/h1-4,6-12,14-24,30-34,40-41H,5,13,25-29H2. The third-order valence-electron chi connectivity index (χ3n) is 14.3. The van der Waals surface area contributed by atoms with Gasteiger partial charge in [-0.3, -0.25) is 0 Å². The van der Waals surface area contributed by atoms with Crippen LogP contribution in [-0.2, 0) is 11.8 Å². The summed E-state index contributed by atoms with van der Waals surface area (Å²) in [4.78, 5) is 2.50. The Kier molecular flexibility index (Phi) is 6.42. The third-order valence-corrected chi connectivity index (χ3v) is 14.3. The van der Waals surface area contributed by atoms with Crippen molar-refractivity contribution in [2.75, 3.05) is 4.90 Å². The molecule has 1 heteroatoms. The van der Waals surface area contributed by atoms with Crippen molar-refractivity contribution in [3.8, 4) is 22.3 Å². The van der Waals surface area contributed by atoms with Crippen LogP contribution >= 0.6 is 0 Å². The molecule has 4 bridgehead atoms. The average molecular weight is 682 g/mol. The maximum absolute atomic E-state index is 2.62. The van der Waals surface area contributed by atoms with Crippen molar-refractivity contribution in [3.05, 3.63) is 168 Å². The second-order valence-electron chi connectivity index (χ2n) is 16.8. The van der Waals surface area contributed by atoms with Crippen molar-refractivity contribution in [2.45, 2.75) is 50.4 Å². The van der Waals surface area contributed by atoms with E-state index in [0.29, 0.717) is 0 Å². The van der Waals surface area contributed by atoms with Crippen LogP contribution in [0.3, 0.4) is 0 Å². The molecule has 6 aliphatic carbocycles. The number of hydrogen-bond donors (Lipinski definition) is 0. The predicted molar refractivity (Wildman–Crippen MR) is 222 cm³/mol. The van der Waals surface area contributed by atoms with Crippen molar-refractivity contribution >= 4 is 44.7 Å². The van der Waals surface area contributed by atoms with Gasteiger partial charge in [-0.2, -0.15) is 0 Å². The Balaban J connectivity index is 0.999. The minimum atomic E-state index is 0.185. The second kappa shape index (κ2) is 11.3. The lowest BCUT2D eigenvalue weighted by Crippen LogP contribution is -2.55. The normalized spacial score (nSPS) is 24.5.